The third-order valence-corrected chi connectivity index (χ3v) is 4.83. The van der Waals surface area contributed by atoms with E-state index in [0.717, 1.165) is 5.56 Å². The molecule has 2 rings (SSSR count). The van der Waals surface area contributed by atoms with Crippen molar-refractivity contribution in [3.05, 3.63) is 47.5 Å². The predicted octanol–water partition coefficient (Wildman–Crippen LogP) is 2.58. The van der Waals surface area contributed by atoms with Crippen molar-refractivity contribution >= 4 is 15.7 Å². The minimum atomic E-state index is -3.30. The lowest BCUT2D eigenvalue weighted by molar-refractivity contribution is 0.589. The van der Waals surface area contributed by atoms with Crippen LogP contribution >= 0.6 is 0 Å². The molecule has 0 saturated carbocycles. The molecule has 0 bridgehead atoms. The minimum Gasteiger partial charge on any atom is -0.365 e. The van der Waals surface area contributed by atoms with Gasteiger partial charge in [0.1, 0.15) is 5.82 Å². The molecule has 0 atom stereocenters. The van der Waals surface area contributed by atoms with Gasteiger partial charge >= 0.3 is 0 Å². The normalized spacial score (nSPS) is 11.3. The van der Waals surface area contributed by atoms with Crippen LogP contribution in [0.4, 0.5) is 5.82 Å². The van der Waals surface area contributed by atoms with Gasteiger partial charge in [-0.25, -0.2) is 8.42 Å². The third kappa shape index (κ3) is 4.26. The summed E-state index contributed by atoms with van der Waals surface area (Å²) in [6.07, 6.45) is 0.567. The van der Waals surface area contributed by atoms with Gasteiger partial charge in [0.25, 0.3) is 0 Å². The summed E-state index contributed by atoms with van der Waals surface area (Å²) in [4.78, 5) is 0. The van der Waals surface area contributed by atoms with Crippen LogP contribution in [0.25, 0.3) is 0 Å². The zero-order chi connectivity index (χ0) is 15.3. The van der Waals surface area contributed by atoms with E-state index in [1.807, 2.05) is 38.1 Å². The highest BCUT2D eigenvalue weighted by molar-refractivity contribution is 7.91. The molecule has 0 aliphatic heterocycles. The quantitative estimate of drug-likeness (QED) is 0.888. The number of benzene rings is 1. The van der Waals surface area contributed by atoms with Crippen LogP contribution in [0.5, 0.6) is 0 Å². The monoisotopic (exact) mass is 305 g/mol. The molecule has 6 heteroatoms. The van der Waals surface area contributed by atoms with Crippen molar-refractivity contribution in [3.63, 3.8) is 0 Å². The number of nitrogens with one attached hydrogen (secondary N) is 1. The van der Waals surface area contributed by atoms with E-state index in [1.165, 1.54) is 11.6 Å². The molecule has 0 aliphatic rings. The maximum atomic E-state index is 11.8. The molecule has 0 amide bonds. The molecule has 0 saturated heterocycles. The smallest absolute Gasteiger partial charge is 0.197 e. The second-order valence-corrected chi connectivity index (χ2v) is 6.97. The zero-order valence-corrected chi connectivity index (χ0v) is 13.0. The fourth-order valence-electron chi connectivity index (χ4n) is 1.85. The summed E-state index contributed by atoms with van der Waals surface area (Å²) in [6, 6.07) is 11.3. The van der Waals surface area contributed by atoms with Crippen molar-refractivity contribution < 1.29 is 8.42 Å². The number of anilines is 1. The molecular weight excluding hydrogens is 286 g/mol. The molecular formula is C15H19N3O2S. The maximum Gasteiger partial charge on any atom is 0.197 e. The Morgan fingerprint density at radius 3 is 2.33 bits per heavy atom. The van der Waals surface area contributed by atoms with E-state index in [-0.39, 0.29) is 10.8 Å². The molecule has 0 spiro atoms. The lowest BCUT2D eigenvalue weighted by Gasteiger charge is -2.06. The van der Waals surface area contributed by atoms with E-state index in [2.05, 4.69) is 15.5 Å². The average molecular weight is 305 g/mol. The molecule has 5 nitrogen and oxygen atoms in total. The first kappa shape index (κ1) is 15.4. The standard InChI is InChI=1S/C15H19N3O2S/c1-3-10-21(19,20)15-9-8-14(17-18-15)16-11-13-6-4-12(2)5-7-13/h4-9H,3,10-11H2,1-2H3,(H,16,17). The molecule has 2 aromatic rings. The highest BCUT2D eigenvalue weighted by Gasteiger charge is 2.15. The Hall–Kier alpha value is -1.95. The molecule has 1 aromatic carbocycles. The highest BCUT2D eigenvalue weighted by Crippen LogP contribution is 2.11. The number of rotatable bonds is 6. The van der Waals surface area contributed by atoms with Crippen LogP contribution in [0, 0.1) is 6.92 Å². The van der Waals surface area contributed by atoms with Crippen LogP contribution in [0.3, 0.4) is 0 Å². The first-order valence-corrected chi connectivity index (χ1v) is 8.52. The molecule has 1 N–H and O–H groups in total. The Morgan fingerprint density at radius 1 is 1.05 bits per heavy atom. The minimum absolute atomic E-state index is 0.0326. The molecule has 0 fully saturated rings. The van der Waals surface area contributed by atoms with Crippen LogP contribution in [-0.4, -0.2) is 24.4 Å². The van der Waals surface area contributed by atoms with Gasteiger partial charge in [-0.2, -0.15) is 0 Å². The summed E-state index contributed by atoms with van der Waals surface area (Å²) >= 11 is 0. The predicted molar refractivity (Wildman–Crippen MR) is 82.9 cm³/mol. The van der Waals surface area contributed by atoms with Crippen molar-refractivity contribution in [1.82, 2.24) is 10.2 Å². The Bertz CT molecular complexity index is 680. The number of aryl methyl sites for hydroxylation is 1. The van der Waals surface area contributed by atoms with Gasteiger partial charge in [0.05, 0.1) is 5.75 Å². The van der Waals surface area contributed by atoms with Crippen LogP contribution in [0.1, 0.15) is 24.5 Å². The van der Waals surface area contributed by atoms with Crippen molar-refractivity contribution in [2.75, 3.05) is 11.1 Å². The Morgan fingerprint density at radius 2 is 1.76 bits per heavy atom. The first-order valence-electron chi connectivity index (χ1n) is 6.87. The van der Waals surface area contributed by atoms with E-state index in [9.17, 15) is 8.42 Å². The van der Waals surface area contributed by atoms with Gasteiger partial charge in [-0.1, -0.05) is 36.8 Å². The topological polar surface area (TPSA) is 72.0 Å². The Balaban J connectivity index is 2.01. The Labute approximate surface area is 125 Å². The van der Waals surface area contributed by atoms with E-state index < -0.39 is 9.84 Å². The number of nitrogens with zero attached hydrogens (tertiary/aromatic N) is 2. The molecule has 112 valence electrons. The lowest BCUT2D eigenvalue weighted by atomic mass is 10.1. The van der Waals surface area contributed by atoms with Gasteiger partial charge in [0, 0.05) is 6.54 Å². The van der Waals surface area contributed by atoms with E-state index >= 15 is 0 Å². The maximum absolute atomic E-state index is 11.8. The largest absolute Gasteiger partial charge is 0.365 e. The summed E-state index contributed by atoms with van der Waals surface area (Å²) in [5, 5.41) is 10.9. The summed E-state index contributed by atoms with van der Waals surface area (Å²) < 4.78 is 23.7. The summed E-state index contributed by atoms with van der Waals surface area (Å²) in [7, 11) is -3.30. The zero-order valence-electron chi connectivity index (χ0n) is 12.2. The second-order valence-electron chi connectivity index (χ2n) is 4.91. The summed E-state index contributed by atoms with van der Waals surface area (Å²) in [5.41, 5.74) is 2.34. The van der Waals surface area contributed by atoms with Gasteiger partial charge in [-0.15, -0.1) is 10.2 Å². The number of aromatic nitrogens is 2. The van der Waals surface area contributed by atoms with Crippen molar-refractivity contribution in [1.29, 1.82) is 0 Å². The Kier molecular flexibility index (Phi) is 4.90. The van der Waals surface area contributed by atoms with E-state index in [4.69, 9.17) is 0 Å². The van der Waals surface area contributed by atoms with Crippen molar-refractivity contribution in [2.45, 2.75) is 31.8 Å². The molecule has 0 aliphatic carbocycles. The number of sulfone groups is 1. The highest BCUT2D eigenvalue weighted by atomic mass is 32.2. The van der Waals surface area contributed by atoms with Crippen LogP contribution in [-0.2, 0) is 16.4 Å². The summed E-state index contributed by atoms with van der Waals surface area (Å²) in [5.74, 6) is 0.656. The molecule has 0 radical (unpaired) electrons. The van der Waals surface area contributed by atoms with Crippen LogP contribution in [0.2, 0.25) is 0 Å². The lowest BCUT2D eigenvalue weighted by Crippen LogP contribution is -2.10. The molecule has 1 aromatic heterocycles. The van der Waals surface area contributed by atoms with Gasteiger partial charge in [0.15, 0.2) is 14.9 Å². The van der Waals surface area contributed by atoms with Gasteiger partial charge < -0.3 is 5.32 Å². The molecule has 1 heterocycles. The SMILES string of the molecule is CCCS(=O)(=O)c1ccc(NCc2ccc(C)cc2)nn1. The van der Waals surface area contributed by atoms with Crippen molar-refractivity contribution in [2.24, 2.45) is 0 Å². The van der Waals surface area contributed by atoms with Crippen molar-refractivity contribution in [3.8, 4) is 0 Å². The summed E-state index contributed by atoms with van der Waals surface area (Å²) in [6.45, 7) is 4.48. The first-order chi connectivity index (χ1) is 10.0. The molecule has 0 unspecified atom stereocenters. The molecule has 21 heavy (non-hydrogen) atoms. The fraction of sp³-hybridized carbons (Fsp3) is 0.333. The van der Waals surface area contributed by atoms with Gasteiger partial charge in [-0.05, 0) is 31.0 Å². The van der Waals surface area contributed by atoms with Crippen LogP contribution in [0.15, 0.2) is 41.4 Å². The third-order valence-electron chi connectivity index (χ3n) is 3.03. The number of hydrogen-bond donors (Lipinski definition) is 1. The second kappa shape index (κ2) is 6.67. The van der Waals surface area contributed by atoms with Gasteiger partial charge in [-0.3, -0.25) is 0 Å². The fourth-order valence-corrected chi connectivity index (χ4v) is 3.04. The average Bonchev–Trinajstić information content (AvgIpc) is 2.47. The van der Waals surface area contributed by atoms with Crippen LogP contribution < -0.4 is 5.32 Å². The van der Waals surface area contributed by atoms with Gasteiger partial charge in [0.2, 0.25) is 0 Å². The number of hydrogen-bond acceptors (Lipinski definition) is 5. The van der Waals surface area contributed by atoms with E-state index in [0.29, 0.717) is 18.8 Å². The van der Waals surface area contributed by atoms with E-state index in [1.54, 1.807) is 6.07 Å².